The van der Waals surface area contributed by atoms with Gasteiger partial charge in [0, 0.05) is 0 Å². The first-order valence-electron chi connectivity index (χ1n) is 4.84. The predicted molar refractivity (Wildman–Crippen MR) is 76.1 cm³/mol. The number of methoxy groups -OCH3 is 1. The van der Waals surface area contributed by atoms with Crippen molar-refractivity contribution in [2.45, 2.75) is 6.04 Å². The summed E-state index contributed by atoms with van der Waals surface area (Å²) in [6, 6.07) is 9.96. The monoisotopic (exact) mass is 345 g/mol. The van der Waals surface area contributed by atoms with Crippen LogP contribution in [-0.4, -0.2) is 7.11 Å². The van der Waals surface area contributed by atoms with E-state index in [9.17, 15) is 0 Å². The zero-order valence-corrected chi connectivity index (χ0v) is 11.8. The molecule has 1 heterocycles. The first kappa shape index (κ1) is 11.9. The van der Waals surface area contributed by atoms with Crippen LogP contribution >= 0.6 is 33.9 Å². The quantitative estimate of drug-likeness (QED) is 0.866. The topological polar surface area (TPSA) is 35.2 Å². The molecule has 1 unspecified atom stereocenters. The summed E-state index contributed by atoms with van der Waals surface area (Å²) in [6.07, 6.45) is 0. The molecule has 0 fully saturated rings. The van der Waals surface area contributed by atoms with Gasteiger partial charge in [0.2, 0.25) is 0 Å². The molecule has 0 aliphatic carbocycles. The highest BCUT2D eigenvalue weighted by Crippen LogP contribution is 2.26. The third-order valence-electron chi connectivity index (χ3n) is 2.42. The van der Waals surface area contributed by atoms with Gasteiger partial charge < -0.3 is 10.5 Å². The van der Waals surface area contributed by atoms with E-state index in [1.165, 1.54) is 8.45 Å². The zero-order chi connectivity index (χ0) is 11.5. The van der Waals surface area contributed by atoms with E-state index in [0.717, 1.165) is 11.3 Å². The number of hydrogen-bond acceptors (Lipinski definition) is 3. The fraction of sp³-hybridized carbons (Fsp3) is 0.167. The number of thiophene rings is 1. The fourth-order valence-electron chi connectivity index (χ4n) is 1.49. The number of rotatable bonds is 3. The number of hydrogen-bond donors (Lipinski definition) is 1. The van der Waals surface area contributed by atoms with Gasteiger partial charge in [-0.1, -0.05) is 12.1 Å². The lowest BCUT2D eigenvalue weighted by Gasteiger charge is -2.10. The van der Waals surface area contributed by atoms with Crippen LogP contribution in [0.25, 0.3) is 0 Å². The highest BCUT2D eigenvalue weighted by atomic mass is 127. The Morgan fingerprint density at radius 1 is 1.25 bits per heavy atom. The molecule has 2 aromatic rings. The Labute approximate surface area is 113 Å². The van der Waals surface area contributed by atoms with Gasteiger partial charge in [0.05, 0.1) is 16.0 Å². The van der Waals surface area contributed by atoms with E-state index >= 15 is 0 Å². The minimum absolute atomic E-state index is 0.0503. The van der Waals surface area contributed by atoms with Crippen LogP contribution in [0.3, 0.4) is 0 Å². The molecule has 2 nitrogen and oxygen atoms in total. The highest BCUT2D eigenvalue weighted by molar-refractivity contribution is 14.1. The van der Waals surface area contributed by atoms with Gasteiger partial charge in [0.1, 0.15) is 5.75 Å². The molecule has 0 saturated carbocycles. The average molecular weight is 345 g/mol. The lowest BCUT2D eigenvalue weighted by molar-refractivity contribution is 0.414. The molecule has 1 aromatic heterocycles. The van der Waals surface area contributed by atoms with Gasteiger partial charge >= 0.3 is 0 Å². The molecular formula is C12H12INOS. The van der Waals surface area contributed by atoms with E-state index in [4.69, 9.17) is 10.5 Å². The molecule has 2 N–H and O–H groups in total. The summed E-state index contributed by atoms with van der Waals surface area (Å²) < 4.78 is 6.38. The van der Waals surface area contributed by atoms with Crippen molar-refractivity contribution in [2.24, 2.45) is 5.73 Å². The van der Waals surface area contributed by atoms with E-state index in [0.29, 0.717) is 0 Å². The number of benzene rings is 1. The molecular weight excluding hydrogens is 333 g/mol. The standard InChI is InChI=1S/C12H12INOS/c1-15-10-4-2-8(3-5-10)12(14)9-6-11(13)16-7-9/h2-7,12H,14H2,1H3. The first-order chi connectivity index (χ1) is 7.70. The van der Waals surface area contributed by atoms with Crippen LogP contribution in [0.5, 0.6) is 5.75 Å². The van der Waals surface area contributed by atoms with Gasteiger partial charge in [0.15, 0.2) is 0 Å². The zero-order valence-electron chi connectivity index (χ0n) is 8.81. The van der Waals surface area contributed by atoms with Crippen LogP contribution < -0.4 is 10.5 Å². The van der Waals surface area contributed by atoms with E-state index in [1.807, 2.05) is 24.3 Å². The first-order valence-corrected chi connectivity index (χ1v) is 6.80. The molecule has 0 spiro atoms. The second-order valence-corrected chi connectivity index (χ2v) is 6.24. The van der Waals surface area contributed by atoms with Crippen molar-refractivity contribution in [2.75, 3.05) is 7.11 Å². The largest absolute Gasteiger partial charge is 0.497 e. The minimum atomic E-state index is -0.0503. The van der Waals surface area contributed by atoms with Crippen molar-refractivity contribution >= 4 is 33.9 Å². The van der Waals surface area contributed by atoms with Crippen molar-refractivity contribution in [3.8, 4) is 5.75 Å². The van der Waals surface area contributed by atoms with Crippen LogP contribution in [0.1, 0.15) is 17.2 Å². The Morgan fingerprint density at radius 2 is 1.94 bits per heavy atom. The molecule has 4 heteroatoms. The predicted octanol–water partition coefficient (Wildman–Crippen LogP) is 3.41. The summed E-state index contributed by atoms with van der Waals surface area (Å²) in [5.74, 6) is 0.857. The average Bonchev–Trinajstić information content (AvgIpc) is 2.75. The molecule has 0 aliphatic heterocycles. The van der Waals surface area contributed by atoms with Gasteiger partial charge in [0.25, 0.3) is 0 Å². The molecule has 1 atom stereocenters. The normalized spacial score (nSPS) is 12.4. The lowest BCUT2D eigenvalue weighted by atomic mass is 10.0. The Hall–Kier alpha value is -0.590. The molecule has 2 rings (SSSR count). The van der Waals surface area contributed by atoms with Crippen LogP contribution in [-0.2, 0) is 0 Å². The van der Waals surface area contributed by atoms with E-state index in [2.05, 4.69) is 34.0 Å². The van der Waals surface area contributed by atoms with E-state index in [-0.39, 0.29) is 6.04 Å². The molecule has 0 bridgehead atoms. The van der Waals surface area contributed by atoms with Gasteiger partial charge in [-0.15, -0.1) is 11.3 Å². The SMILES string of the molecule is COc1ccc(C(N)c2csc(I)c2)cc1. The second-order valence-electron chi connectivity index (χ2n) is 3.43. The van der Waals surface area contributed by atoms with Crippen LogP contribution in [0.4, 0.5) is 0 Å². The van der Waals surface area contributed by atoms with Crippen molar-refractivity contribution in [3.05, 3.63) is 49.7 Å². The maximum Gasteiger partial charge on any atom is 0.118 e. The van der Waals surface area contributed by atoms with Crippen molar-refractivity contribution in [1.29, 1.82) is 0 Å². The van der Waals surface area contributed by atoms with Gasteiger partial charge in [-0.05, 0) is 57.3 Å². The van der Waals surface area contributed by atoms with Gasteiger partial charge in [-0.2, -0.15) is 0 Å². The number of halogens is 1. The molecule has 0 amide bonds. The van der Waals surface area contributed by atoms with E-state index in [1.54, 1.807) is 18.4 Å². The fourth-order valence-corrected chi connectivity index (χ4v) is 2.90. The molecule has 1 aromatic carbocycles. The van der Waals surface area contributed by atoms with Crippen LogP contribution in [0.15, 0.2) is 35.7 Å². The summed E-state index contributed by atoms with van der Waals surface area (Å²) in [5, 5.41) is 2.11. The Bertz CT molecular complexity index is 466. The highest BCUT2D eigenvalue weighted by Gasteiger charge is 2.10. The third kappa shape index (κ3) is 2.56. The Balaban J connectivity index is 2.23. The summed E-state index contributed by atoms with van der Waals surface area (Å²) in [4.78, 5) is 0. The van der Waals surface area contributed by atoms with Crippen molar-refractivity contribution in [3.63, 3.8) is 0 Å². The number of nitrogens with two attached hydrogens (primary N) is 1. The van der Waals surface area contributed by atoms with Gasteiger partial charge in [-0.3, -0.25) is 0 Å². The Kier molecular flexibility index (Phi) is 3.83. The summed E-state index contributed by atoms with van der Waals surface area (Å²) >= 11 is 4.02. The van der Waals surface area contributed by atoms with E-state index < -0.39 is 0 Å². The van der Waals surface area contributed by atoms with Crippen LogP contribution in [0.2, 0.25) is 0 Å². The molecule has 84 valence electrons. The maximum absolute atomic E-state index is 6.18. The maximum atomic E-state index is 6.18. The molecule has 0 radical (unpaired) electrons. The number of ether oxygens (including phenoxy) is 1. The molecule has 0 saturated heterocycles. The summed E-state index contributed by atoms with van der Waals surface area (Å²) in [5.41, 5.74) is 8.46. The summed E-state index contributed by atoms with van der Waals surface area (Å²) in [7, 11) is 1.66. The molecule has 16 heavy (non-hydrogen) atoms. The van der Waals surface area contributed by atoms with Gasteiger partial charge in [-0.25, -0.2) is 0 Å². The summed E-state index contributed by atoms with van der Waals surface area (Å²) in [6.45, 7) is 0. The van der Waals surface area contributed by atoms with Crippen molar-refractivity contribution in [1.82, 2.24) is 0 Å². The lowest BCUT2D eigenvalue weighted by Crippen LogP contribution is -2.10. The minimum Gasteiger partial charge on any atom is -0.497 e. The van der Waals surface area contributed by atoms with Crippen molar-refractivity contribution < 1.29 is 4.74 Å². The second kappa shape index (κ2) is 5.16. The third-order valence-corrected chi connectivity index (χ3v) is 4.23. The Morgan fingerprint density at radius 3 is 2.44 bits per heavy atom. The molecule has 0 aliphatic rings. The van der Waals surface area contributed by atoms with Crippen LogP contribution in [0, 0.1) is 2.88 Å². The smallest absolute Gasteiger partial charge is 0.118 e.